The molecule has 27 heavy (non-hydrogen) atoms. The molecule has 1 amide bonds. The van der Waals surface area contributed by atoms with E-state index in [1.54, 1.807) is 18.5 Å². The zero-order valence-electron chi connectivity index (χ0n) is 14.5. The molecule has 0 atom stereocenters. The van der Waals surface area contributed by atoms with E-state index in [-0.39, 0.29) is 28.1 Å². The summed E-state index contributed by atoms with van der Waals surface area (Å²) in [6.07, 6.45) is 3.72. The van der Waals surface area contributed by atoms with Crippen LogP contribution in [0.2, 0.25) is 0 Å². The Kier molecular flexibility index (Phi) is 4.73. The van der Waals surface area contributed by atoms with Crippen molar-refractivity contribution in [3.63, 3.8) is 0 Å². The standard InChI is InChI=1S/C19H18F2N4OS/c20-17(21)13-11-5-1-2-6-12(11)25-19-14(13)15(22)16(27-19)18(26)24-9-10-4-3-7-23-8-10/h3-4,7-8,17H,1-2,5-6,9,22H2,(H,24,26). The molecule has 8 heteroatoms. The second-order valence-electron chi connectivity index (χ2n) is 6.53. The maximum Gasteiger partial charge on any atom is 0.264 e. The average molecular weight is 388 g/mol. The van der Waals surface area contributed by atoms with Gasteiger partial charge in [-0.05, 0) is 42.9 Å². The number of thiophene rings is 1. The Morgan fingerprint density at radius 3 is 2.89 bits per heavy atom. The van der Waals surface area contributed by atoms with E-state index in [1.165, 1.54) is 0 Å². The third kappa shape index (κ3) is 3.25. The van der Waals surface area contributed by atoms with Crippen LogP contribution in [-0.4, -0.2) is 15.9 Å². The van der Waals surface area contributed by atoms with Crippen LogP contribution < -0.4 is 11.1 Å². The van der Waals surface area contributed by atoms with E-state index in [0.29, 0.717) is 28.9 Å². The molecule has 0 radical (unpaired) electrons. The number of carbonyl (C=O) groups excluding carboxylic acids is 1. The monoisotopic (exact) mass is 388 g/mol. The fraction of sp³-hybridized carbons (Fsp3) is 0.316. The van der Waals surface area contributed by atoms with Gasteiger partial charge >= 0.3 is 0 Å². The van der Waals surface area contributed by atoms with Gasteiger partial charge in [-0.3, -0.25) is 9.78 Å². The molecule has 5 nitrogen and oxygen atoms in total. The largest absolute Gasteiger partial charge is 0.397 e. The maximum absolute atomic E-state index is 13.9. The fourth-order valence-electron chi connectivity index (χ4n) is 3.52. The molecule has 140 valence electrons. The summed E-state index contributed by atoms with van der Waals surface area (Å²) in [5, 5.41) is 3.01. The van der Waals surface area contributed by atoms with Gasteiger partial charge in [0.25, 0.3) is 12.3 Å². The van der Waals surface area contributed by atoms with Gasteiger partial charge in [-0.15, -0.1) is 11.3 Å². The van der Waals surface area contributed by atoms with E-state index in [1.807, 2.05) is 6.07 Å². The lowest BCUT2D eigenvalue weighted by atomic mass is 9.90. The minimum Gasteiger partial charge on any atom is -0.397 e. The summed E-state index contributed by atoms with van der Waals surface area (Å²) in [5.41, 5.74) is 8.35. The Morgan fingerprint density at radius 2 is 2.15 bits per heavy atom. The van der Waals surface area contributed by atoms with Crippen LogP contribution in [0.4, 0.5) is 14.5 Å². The van der Waals surface area contributed by atoms with Gasteiger partial charge in [-0.25, -0.2) is 13.8 Å². The predicted molar refractivity (Wildman–Crippen MR) is 101 cm³/mol. The Hall–Kier alpha value is -2.61. The van der Waals surface area contributed by atoms with Crippen molar-refractivity contribution in [3.05, 3.63) is 51.8 Å². The normalized spacial score (nSPS) is 13.7. The van der Waals surface area contributed by atoms with Crippen LogP contribution in [-0.2, 0) is 19.4 Å². The number of hydrogen-bond donors (Lipinski definition) is 2. The molecule has 3 aromatic heterocycles. The minimum atomic E-state index is -2.65. The van der Waals surface area contributed by atoms with Crippen molar-refractivity contribution in [1.29, 1.82) is 0 Å². The number of aromatic nitrogens is 2. The molecule has 3 N–H and O–H groups in total. The van der Waals surface area contributed by atoms with E-state index in [4.69, 9.17) is 5.73 Å². The van der Waals surface area contributed by atoms with E-state index >= 15 is 0 Å². The third-order valence-corrected chi connectivity index (χ3v) is 5.89. The molecular formula is C19H18F2N4OS. The molecule has 0 spiro atoms. The molecule has 0 bridgehead atoms. The number of fused-ring (bicyclic) bond motifs is 2. The van der Waals surface area contributed by atoms with Crippen molar-refractivity contribution in [1.82, 2.24) is 15.3 Å². The SMILES string of the molecule is Nc1c(C(=O)NCc2cccnc2)sc2nc3c(c(C(F)F)c12)CCCC3. The fourth-order valence-corrected chi connectivity index (χ4v) is 4.57. The number of nitrogen functional groups attached to an aromatic ring is 1. The van der Waals surface area contributed by atoms with Gasteiger partial charge in [0.1, 0.15) is 9.71 Å². The Labute approximate surface area is 158 Å². The number of hydrogen-bond acceptors (Lipinski definition) is 5. The molecule has 0 unspecified atom stereocenters. The number of nitrogens with one attached hydrogen (secondary N) is 1. The summed E-state index contributed by atoms with van der Waals surface area (Å²) in [6, 6.07) is 3.62. The number of halogens is 2. The number of nitrogens with zero attached hydrogens (tertiary/aromatic N) is 2. The zero-order valence-corrected chi connectivity index (χ0v) is 15.3. The summed E-state index contributed by atoms with van der Waals surface area (Å²) < 4.78 is 27.7. The van der Waals surface area contributed by atoms with Crippen molar-refractivity contribution >= 4 is 33.1 Å². The van der Waals surface area contributed by atoms with Crippen molar-refractivity contribution in [2.45, 2.75) is 38.7 Å². The van der Waals surface area contributed by atoms with Gasteiger partial charge in [0, 0.05) is 35.6 Å². The summed E-state index contributed by atoms with van der Waals surface area (Å²) in [5.74, 6) is -0.391. The highest BCUT2D eigenvalue weighted by Crippen LogP contribution is 2.42. The minimum absolute atomic E-state index is 0.0465. The van der Waals surface area contributed by atoms with Crippen LogP contribution in [0.5, 0.6) is 0 Å². The predicted octanol–water partition coefficient (Wildman–Crippen LogP) is 4.02. The second kappa shape index (κ2) is 7.19. The number of rotatable bonds is 4. The molecule has 3 heterocycles. The van der Waals surface area contributed by atoms with Crippen LogP contribution in [0, 0.1) is 0 Å². The smallest absolute Gasteiger partial charge is 0.264 e. The van der Waals surface area contributed by atoms with Gasteiger partial charge in [0.05, 0.1) is 5.69 Å². The van der Waals surface area contributed by atoms with E-state index in [0.717, 1.165) is 29.7 Å². The van der Waals surface area contributed by atoms with Gasteiger partial charge in [-0.2, -0.15) is 0 Å². The van der Waals surface area contributed by atoms with E-state index in [9.17, 15) is 13.6 Å². The van der Waals surface area contributed by atoms with E-state index in [2.05, 4.69) is 15.3 Å². The number of anilines is 1. The first-order valence-corrected chi connectivity index (χ1v) is 9.56. The van der Waals surface area contributed by atoms with Crippen LogP contribution in [0.15, 0.2) is 24.5 Å². The second-order valence-corrected chi connectivity index (χ2v) is 7.53. The van der Waals surface area contributed by atoms with E-state index < -0.39 is 12.3 Å². The van der Waals surface area contributed by atoms with Gasteiger partial charge in [-0.1, -0.05) is 6.07 Å². The lowest BCUT2D eigenvalue weighted by molar-refractivity contribution is 0.0955. The third-order valence-electron chi connectivity index (χ3n) is 4.80. The molecular weight excluding hydrogens is 370 g/mol. The molecule has 4 rings (SSSR count). The molecule has 0 fully saturated rings. The van der Waals surface area contributed by atoms with Crippen molar-refractivity contribution in [2.75, 3.05) is 5.73 Å². The van der Waals surface area contributed by atoms with Crippen LogP contribution in [0.3, 0.4) is 0 Å². The van der Waals surface area contributed by atoms with Gasteiger partial charge in [0.2, 0.25) is 0 Å². The summed E-state index contributed by atoms with van der Waals surface area (Å²) in [6.45, 7) is 0.284. The summed E-state index contributed by atoms with van der Waals surface area (Å²) in [4.78, 5) is 21.8. The Morgan fingerprint density at radius 1 is 1.33 bits per heavy atom. The highest BCUT2D eigenvalue weighted by Gasteiger charge is 2.28. The molecule has 3 aromatic rings. The van der Waals surface area contributed by atoms with Crippen molar-refractivity contribution in [3.8, 4) is 0 Å². The van der Waals surface area contributed by atoms with Gasteiger partial charge in [0.15, 0.2) is 0 Å². The van der Waals surface area contributed by atoms with Gasteiger partial charge < -0.3 is 11.1 Å². The lowest BCUT2D eigenvalue weighted by Crippen LogP contribution is -2.22. The Balaban J connectivity index is 1.73. The first-order valence-electron chi connectivity index (χ1n) is 8.75. The van der Waals surface area contributed by atoms with Crippen LogP contribution >= 0.6 is 11.3 Å². The number of amides is 1. The number of aryl methyl sites for hydroxylation is 1. The van der Waals surface area contributed by atoms with Crippen LogP contribution in [0.1, 0.15) is 51.3 Å². The van der Waals surface area contributed by atoms with Crippen molar-refractivity contribution < 1.29 is 13.6 Å². The quantitative estimate of drug-likeness (QED) is 0.707. The lowest BCUT2D eigenvalue weighted by Gasteiger charge is -2.19. The topological polar surface area (TPSA) is 80.9 Å². The maximum atomic E-state index is 13.9. The number of pyridine rings is 2. The molecule has 1 aliphatic carbocycles. The highest BCUT2D eigenvalue weighted by atomic mass is 32.1. The first-order chi connectivity index (χ1) is 13.1. The number of carbonyl (C=O) groups is 1. The molecule has 0 aromatic carbocycles. The number of alkyl halides is 2. The zero-order chi connectivity index (χ0) is 19.0. The average Bonchev–Trinajstić information content (AvgIpc) is 3.01. The summed E-state index contributed by atoms with van der Waals surface area (Å²) in [7, 11) is 0. The van der Waals surface area contributed by atoms with Crippen LogP contribution in [0.25, 0.3) is 10.2 Å². The molecule has 0 saturated heterocycles. The summed E-state index contributed by atoms with van der Waals surface area (Å²) >= 11 is 1.07. The number of nitrogens with two attached hydrogens (primary N) is 1. The molecule has 1 aliphatic rings. The Bertz CT molecular complexity index is 1000. The first kappa shape index (κ1) is 17.8. The molecule has 0 aliphatic heterocycles. The molecule has 0 saturated carbocycles. The van der Waals surface area contributed by atoms with Crippen molar-refractivity contribution in [2.24, 2.45) is 0 Å². The highest BCUT2D eigenvalue weighted by molar-refractivity contribution is 7.21.